The van der Waals surface area contributed by atoms with Crippen molar-refractivity contribution in [3.8, 4) is 11.9 Å². The topological polar surface area (TPSA) is 93.4 Å². The Morgan fingerprint density at radius 2 is 1.96 bits per heavy atom. The van der Waals surface area contributed by atoms with Gasteiger partial charge in [0.05, 0.1) is 5.39 Å². The lowest BCUT2D eigenvalue weighted by Gasteiger charge is -2.36. The van der Waals surface area contributed by atoms with Crippen molar-refractivity contribution in [2.45, 2.75) is 6.92 Å². The summed E-state index contributed by atoms with van der Waals surface area (Å²) >= 11 is 0. The Labute approximate surface area is 156 Å². The number of benzene rings is 1. The number of aromatic nitrogens is 3. The fourth-order valence-corrected chi connectivity index (χ4v) is 3.24. The highest BCUT2D eigenvalue weighted by atomic mass is 16.5. The Bertz CT molecular complexity index is 998. The number of aliphatic imine (C=N–C) groups is 1. The third kappa shape index (κ3) is 3.40. The first kappa shape index (κ1) is 16.8. The Kier molecular flexibility index (Phi) is 4.58. The van der Waals surface area contributed by atoms with Crippen molar-refractivity contribution in [1.82, 2.24) is 19.9 Å². The summed E-state index contributed by atoms with van der Waals surface area (Å²) in [5, 5.41) is 10.1. The minimum absolute atomic E-state index is 0.328. The van der Waals surface area contributed by atoms with Crippen LogP contribution in [0.4, 0.5) is 5.82 Å². The maximum Gasteiger partial charge on any atom is 0.308 e. The van der Waals surface area contributed by atoms with E-state index in [0.717, 1.165) is 35.5 Å². The SMILES string of the molecule is Cc1c[nH]c2ncnc(N3CCN(C(=NC#N)Oc4ccccc4)CC3)c12. The fraction of sp³-hybridized carbons (Fsp3) is 0.263. The van der Waals surface area contributed by atoms with Gasteiger partial charge in [0.15, 0.2) is 0 Å². The van der Waals surface area contributed by atoms with Crippen molar-refractivity contribution in [3.63, 3.8) is 0 Å². The molecule has 1 N–H and O–H groups in total. The molecule has 2 aromatic heterocycles. The Hall–Kier alpha value is -3.60. The molecule has 0 saturated carbocycles. The molecule has 0 unspecified atom stereocenters. The van der Waals surface area contributed by atoms with Crippen molar-refractivity contribution in [1.29, 1.82) is 5.26 Å². The molecule has 1 aliphatic rings. The molecule has 27 heavy (non-hydrogen) atoms. The summed E-state index contributed by atoms with van der Waals surface area (Å²) in [6.45, 7) is 4.91. The van der Waals surface area contributed by atoms with E-state index < -0.39 is 0 Å². The first-order chi connectivity index (χ1) is 13.3. The number of fused-ring (bicyclic) bond motifs is 1. The highest BCUT2D eigenvalue weighted by molar-refractivity contribution is 5.90. The number of anilines is 1. The van der Waals surface area contributed by atoms with Crippen LogP contribution in [-0.2, 0) is 0 Å². The Morgan fingerprint density at radius 1 is 1.19 bits per heavy atom. The summed E-state index contributed by atoms with van der Waals surface area (Å²) in [5.41, 5.74) is 1.97. The lowest BCUT2D eigenvalue weighted by Crippen LogP contribution is -2.50. The molecule has 4 rings (SSSR count). The number of piperazine rings is 1. The Balaban J connectivity index is 1.50. The average Bonchev–Trinajstić information content (AvgIpc) is 3.10. The minimum Gasteiger partial charge on any atom is -0.425 e. The number of nitrogens with one attached hydrogen (secondary N) is 1. The van der Waals surface area contributed by atoms with Crippen molar-refractivity contribution in [2.24, 2.45) is 4.99 Å². The number of rotatable bonds is 2. The molecule has 136 valence electrons. The van der Waals surface area contributed by atoms with Crippen LogP contribution in [0.2, 0.25) is 0 Å². The molecule has 0 atom stereocenters. The number of aryl methyl sites for hydroxylation is 1. The van der Waals surface area contributed by atoms with Gasteiger partial charge < -0.3 is 19.5 Å². The molecule has 1 fully saturated rings. The molecule has 8 heteroatoms. The van der Waals surface area contributed by atoms with Gasteiger partial charge in [-0.05, 0) is 24.6 Å². The fourth-order valence-electron chi connectivity index (χ4n) is 3.24. The normalized spacial score (nSPS) is 15.0. The van der Waals surface area contributed by atoms with Gasteiger partial charge >= 0.3 is 6.02 Å². The molecule has 3 heterocycles. The monoisotopic (exact) mass is 361 g/mol. The van der Waals surface area contributed by atoms with Crippen LogP contribution in [0.25, 0.3) is 11.0 Å². The van der Waals surface area contributed by atoms with E-state index in [2.05, 4.69) is 24.8 Å². The van der Waals surface area contributed by atoms with E-state index in [1.807, 2.05) is 54.5 Å². The third-order valence-electron chi connectivity index (χ3n) is 4.59. The van der Waals surface area contributed by atoms with Crippen LogP contribution in [0.1, 0.15) is 5.56 Å². The van der Waals surface area contributed by atoms with Crippen molar-refractivity contribution < 1.29 is 4.74 Å². The molecule has 0 amide bonds. The zero-order chi connectivity index (χ0) is 18.6. The number of amidine groups is 1. The maximum atomic E-state index is 9.03. The van der Waals surface area contributed by atoms with Crippen LogP contribution in [0.3, 0.4) is 0 Å². The molecule has 8 nitrogen and oxygen atoms in total. The van der Waals surface area contributed by atoms with Crippen LogP contribution >= 0.6 is 0 Å². The molecule has 3 aromatic rings. The number of hydrogen-bond donors (Lipinski definition) is 1. The van der Waals surface area contributed by atoms with Crippen LogP contribution < -0.4 is 9.64 Å². The van der Waals surface area contributed by atoms with Crippen LogP contribution in [-0.4, -0.2) is 52.1 Å². The van der Waals surface area contributed by atoms with Crippen molar-refractivity contribution in [2.75, 3.05) is 31.1 Å². The summed E-state index contributed by atoms with van der Waals surface area (Å²) in [7, 11) is 0. The van der Waals surface area contributed by atoms with Crippen LogP contribution in [0.15, 0.2) is 47.8 Å². The van der Waals surface area contributed by atoms with Gasteiger partial charge in [0.1, 0.15) is 23.5 Å². The summed E-state index contributed by atoms with van der Waals surface area (Å²) < 4.78 is 5.82. The number of aromatic amines is 1. The molecule has 0 aliphatic carbocycles. The summed E-state index contributed by atoms with van der Waals surface area (Å²) in [5.74, 6) is 1.59. The van der Waals surface area contributed by atoms with E-state index >= 15 is 0 Å². The number of nitrogens with zero attached hydrogens (tertiary/aromatic N) is 6. The van der Waals surface area contributed by atoms with E-state index in [1.165, 1.54) is 0 Å². The first-order valence-electron chi connectivity index (χ1n) is 8.74. The molecule has 0 radical (unpaired) electrons. The van der Waals surface area contributed by atoms with E-state index in [4.69, 9.17) is 10.00 Å². The first-order valence-corrected chi connectivity index (χ1v) is 8.74. The van der Waals surface area contributed by atoms with E-state index in [1.54, 1.807) is 6.33 Å². The molecular formula is C19H19N7O. The zero-order valence-electron chi connectivity index (χ0n) is 15.0. The second-order valence-corrected chi connectivity index (χ2v) is 6.28. The molecule has 1 saturated heterocycles. The van der Waals surface area contributed by atoms with E-state index in [0.29, 0.717) is 24.9 Å². The van der Waals surface area contributed by atoms with Gasteiger partial charge in [-0.3, -0.25) is 0 Å². The summed E-state index contributed by atoms with van der Waals surface area (Å²) in [4.78, 5) is 20.1. The van der Waals surface area contributed by atoms with Crippen molar-refractivity contribution >= 4 is 22.9 Å². The standard InChI is InChI=1S/C19H19N7O/c1-14-11-21-17-16(14)18(24-13-23-17)25-7-9-26(10-8-25)19(22-12-20)27-15-5-3-2-4-6-15/h2-6,11,13H,7-10H2,1H3,(H,21,23,24). The lowest BCUT2D eigenvalue weighted by atomic mass is 10.2. The lowest BCUT2D eigenvalue weighted by molar-refractivity contribution is 0.320. The van der Waals surface area contributed by atoms with E-state index in [9.17, 15) is 0 Å². The summed E-state index contributed by atoms with van der Waals surface area (Å²) in [6.07, 6.45) is 5.37. The second-order valence-electron chi connectivity index (χ2n) is 6.28. The van der Waals surface area contributed by atoms with Gasteiger partial charge in [0.2, 0.25) is 6.19 Å². The van der Waals surface area contributed by atoms with Gasteiger partial charge in [-0.1, -0.05) is 18.2 Å². The minimum atomic E-state index is 0.328. The largest absolute Gasteiger partial charge is 0.425 e. The summed E-state index contributed by atoms with van der Waals surface area (Å²) in [6, 6.07) is 9.70. The van der Waals surface area contributed by atoms with Gasteiger partial charge in [0, 0.05) is 32.4 Å². The number of nitriles is 1. The Morgan fingerprint density at radius 3 is 2.70 bits per heavy atom. The molecule has 1 aliphatic heterocycles. The van der Waals surface area contributed by atoms with Gasteiger partial charge in [-0.2, -0.15) is 5.26 Å². The van der Waals surface area contributed by atoms with Gasteiger partial charge in [-0.25, -0.2) is 9.97 Å². The quantitative estimate of drug-likeness (QED) is 0.428. The highest BCUT2D eigenvalue weighted by Gasteiger charge is 2.24. The number of para-hydroxylation sites is 1. The second kappa shape index (κ2) is 7.33. The predicted octanol–water partition coefficient (Wildman–Crippen LogP) is 2.30. The average molecular weight is 361 g/mol. The number of hydrogen-bond acceptors (Lipinski definition) is 6. The number of H-pyrrole nitrogens is 1. The molecule has 0 bridgehead atoms. The van der Waals surface area contributed by atoms with Crippen molar-refractivity contribution in [3.05, 3.63) is 48.4 Å². The van der Waals surface area contributed by atoms with Gasteiger partial charge in [0.25, 0.3) is 0 Å². The molecule has 0 spiro atoms. The van der Waals surface area contributed by atoms with E-state index in [-0.39, 0.29) is 0 Å². The maximum absolute atomic E-state index is 9.03. The van der Waals surface area contributed by atoms with Crippen LogP contribution in [0.5, 0.6) is 5.75 Å². The zero-order valence-corrected chi connectivity index (χ0v) is 15.0. The number of ether oxygens (including phenoxy) is 1. The molecule has 1 aromatic carbocycles. The van der Waals surface area contributed by atoms with Gasteiger partial charge in [-0.15, -0.1) is 4.99 Å². The molecular weight excluding hydrogens is 342 g/mol. The third-order valence-corrected chi connectivity index (χ3v) is 4.59. The predicted molar refractivity (Wildman–Crippen MR) is 103 cm³/mol. The smallest absolute Gasteiger partial charge is 0.308 e. The van der Waals surface area contributed by atoms with Crippen LogP contribution in [0, 0.1) is 18.4 Å². The highest BCUT2D eigenvalue weighted by Crippen LogP contribution is 2.26.